The van der Waals surface area contributed by atoms with Crippen LogP contribution in [-0.2, 0) is 6.42 Å². The summed E-state index contributed by atoms with van der Waals surface area (Å²) < 4.78 is 0. The van der Waals surface area contributed by atoms with Gasteiger partial charge in [-0.3, -0.25) is 4.98 Å². The molecule has 0 spiro atoms. The minimum Gasteiger partial charge on any atom is -0.330 e. The number of halogens is 1. The first-order chi connectivity index (χ1) is 7.63. The number of hydrogen-bond acceptors (Lipinski definition) is 2. The van der Waals surface area contributed by atoms with E-state index < -0.39 is 0 Å². The van der Waals surface area contributed by atoms with Gasteiger partial charge >= 0.3 is 0 Å². The van der Waals surface area contributed by atoms with E-state index in [4.69, 9.17) is 17.3 Å². The van der Waals surface area contributed by atoms with Crippen LogP contribution in [0.25, 0.3) is 10.9 Å². The molecule has 2 nitrogen and oxygen atoms in total. The zero-order valence-corrected chi connectivity index (χ0v) is 10.3. The number of pyridine rings is 1. The molecule has 0 radical (unpaired) electrons. The van der Waals surface area contributed by atoms with Crippen molar-refractivity contribution in [3.63, 3.8) is 0 Å². The van der Waals surface area contributed by atoms with Crippen molar-refractivity contribution >= 4 is 22.5 Å². The number of fused-ring (bicyclic) bond motifs is 1. The molecule has 2 rings (SSSR count). The molecule has 0 atom stereocenters. The van der Waals surface area contributed by atoms with E-state index in [9.17, 15) is 0 Å². The zero-order chi connectivity index (χ0) is 11.7. The lowest BCUT2D eigenvalue weighted by atomic mass is 10.0. The fourth-order valence-electron chi connectivity index (χ4n) is 1.98. The van der Waals surface area contributed by atoms with Gasteiger partial charge in [-0.25, -0.2) is 0 Å². The van der Waals surface area contributed by atoms with Gasteiger partial charge in [0.25, 0.3) is 0 Å². The molecule has 0 bridgehead atoms. The fourth-order valence-corrected chi connectivity index (χ4v) is 2.13. The predicted molar refractivity (Wildman–Crippen MR) is 69.0 cm³/mol. The monoisotopic (exact) mass is 234 g/mol. The fraction of sp³-hybridized carbons (Fsp3) is 0.308. The Morgan fingerprint density at radius 1 is 1.31 bits per heavy atom. The third kappa shape index (κ3) is 1.91. The predicted octanol–water partition coefficient (Wildman–Crippen LogP) is 3.01. The average Bonchev–Trinajstić information content (AvgIpc) is 2.24. The van der Waals surface area contributed by atoms with E-state index >= 15 is 0 Å². The molecule has 0 unspecified atom stereocenters. The number of hydrogen-bond donors (Lipinski definition) is 1. The Bertz CT molecular complexity index is 535. The number of benzene rings is 1. The topological polar surface area (TPSA) is 38.9 Å². The Morgan fingerprint density at radius 3 is 2.75 bits per heavy atom. The molecule has 0 amide bonds. The lowest BCUT2D eigenvalue weighted by molar-refractivity contribution is 0.971. The molecule has 3 heteroatoms. The molecule has 0 aliphatic carbocycles. The van der Waals surface area contributed by atoms with Gasteiger partial charge in [-0.2, -0.15) is 0 Å². The van der Waals surface area contributed by atoms with Gasteiger partial charge in [0.15, 0.2) is 0 Å². The summed E-state index contributed by atoms with van der Waals surface area (Å²) in [5, 5.41) is 1.93. The van der Waals surface area contributed by atoms with Crippen LogP contribution >= 0.6 is 11.6 Å². The maximum Gasteiger partial charge on any atom is 0.0751 e. The number of nitrogens with two attached hydrogens (primary N) is 1. The second-order valence-electron chi connectivity index (χ2n) is 4.03. The molecule has 16 heavy (non-hydrogen) atoms. The van der Waals surface area contributed by atoms with E-state index in [1.54, 1.807) is 0 Å². The lowest BCUT2D eigenvalue weighted by Crippen LogP contribution is -2.04. The first-order valence-electron chi connectivity index (χ1n) is 5.39. The van der Waals surface area contributed by atoms with Gasteiger partial charge in [-0.15, -0.1) is 0 Å². The van der Waals surface area contributed by atoms with Crippen LogP contribution < -0.4 is 5.73 Å². The first kappa shape index (κ1) is 11.4. The van der Waals surface area contributed by atoms with Crippen LogP contribution in [0.2, 0.25) is 5.02 Å². The molecule has 1 aromatic carbocycles. The smallest absolute Gasteiger partial charge is 0.0751 e. The molecule has 2 aromatic rings. The number of aryl methyl sites for hydroxylation is 2. The van der Waals surface area contributed by atoms with Gasteiger partial charge in [0.05, 0.1) is 5.52 Å². The van der Waals surface area contributed by atoms with Gasteiger partial charge in [0, 0.05) is 16.1 Å². The van der Waals surface area contributed by atoms with Crippen molar-refractivity contribution in [1.29, 1.82) is 0 Å². The van der Waals surface area contributed by atoms with Crippen molar-refractivity contribution in [3.8, 4) is 0 Å². The van der Waals surface area contributed by atoms with Crippen LogP contribution in [0.4, 0.5) is 0 Å². The summed E-state index contributed by atoms with van der Waals surface area (Å²) in [4.78, 5) is 4.55. The lowest BCUT2D eigenvalue weighted by Gasteiger charge is -2.09. The van der Waals surface area contributed by atoms with E-state index in [2.05, 4.69) is 11.1 Å². The summed E-state index contributed by atoms with van der Waals surface area (Å²) in [6.45, 7) is 4.66. The van der Waals surface area contributed by atoms with Crippen LogP contribution in [0.3, 0.4) is 0 Å². The summed E-state index contributed by atoms with van der Waals surface area (Å²) in [6.07, 6.45) is 0.876. The van der Waals surface area contributed by atoms with Crippen LogP contribution in [0.1, 0.15) is 16.8 Å². The Morgan fingerprint density at radius 2 is 2.06 bits per heavy atom. The normalized spacial score (nSPS) is 11.0. The van der Waals surface area contributed by atoms with Crippen molar-refractivity contribution in [2.24, 2.45) is 5.73 Å². The van der Waals surface area contributed by atoms with Crippen LogP contribution in [0.5, 0.6) is 0 Å². The molecular weight excluding hydrogens is 220 g/mol. The number of aromatic nitrogens is 1. The summed E-state index contributed by atoms with van der Waals surface area (Å²) in [5.41, 5.74) is 9.93. The van der Waals surface area contributed by atoms with Crippen molar-refractivity contribution in [1.82, 2.24) is 4.98 Å². The van der Waals surface area contributed by atoms with Gasteiger partial charge in [-0.1, -0.05) is 17.7 Å². The maximum absolute atomic E-state index is 6.10. The van der Waals surface area contributed by atoms with Crippen LogP contribution in [0, 0.1) is 13.8 Å². The molecule has 84 valence electrons. The highest BCUT2D eigenvalue weighted by atomic mass is 35.5. The van der Waals surface area contributed by atoms with Crippen LogP contribution in [0.15, 0.2) is 18.2 Å². The van der Waals surface area contributed by atoms with E-state index in [0.29, 0.717) is 6.54 Å². The Labute approximate surface area is 100 Å². The van der Waals surface area contributed by atoms with E-state index in [1.165, 1.54) is 5.56 Å². The minimum absolute atomic E-state index is 0.653. The minimum atomic E-state index is 0.653. The van der Waals surface area contributed by atoms with E-state index in [-0.39, 0.29) is 0 Å². The first-order valence-corrected chi connectivity index (χ1v) is 5.76. The maximum atomic E-state index is 6.10. The molecule has 0 aliphatic heterocycles. The summed E-state index contributed by atoms with van der Waals surface area (Å²) in [5.74, 6) is 0. The van der Waals surface area contributed by atoms with Gasteiger partial charge < -0.3 is 5.73 Å². The second kappa shape index (κ2) is 4.40. The molecule has 0 fully saturated rings. The SMILES string of the molecule is Cc1cc(CCN)c2ccc(Cl)c(C)c2n1. The highest BCUT2D eigenvalue weighted by Crippen LogP contribution is 2.26. The number of rotatable bonds is 2. The quantitative estimate of drug-likeness (QED) is 0.868. The number of nitrogens with zero attached hydrogens (tertiary/aromatic N) is 1. The van der Waals surface area contributed by atoms with Crippen molar-refractivity contribution in [2.45, 2.75) is 20.3 Å². The van der Waals surface area contributed by atoms with Gasteiger partial charge in [0.2, 0.25) is 0 Å². The molecule has 2 N–H and O–H groups in total. The standard InChI is InChI=1S/C13H15ClN2/c1-8-7-10(5-6-15)11-3-4-12(14)9(2)13(11)16-8/h3-4,7H,5-6,15H2,1-2H3. The Kier molecular flexibility index (Phi) is 3.13. The van der Waals surface area contributed by atoms with E-state index in [1.807, 2.05) is 26.0 Å². The third-order valence-corrected chi connectivity index (χ3v) is 3.21. The van der Waals surface area contributed by atoms with Crippen LogP contribution in [-0.4, -0.2) is 11.5 Å². The Balaban J connectivity index is 2.78. The summed E-state index contributed by atoms with van der Waals surface area (Å²) >= 11 is 6.10. The molecule has 0 saturated carbocycles. The molecular formula is C13H15ClN2. The highest BCUT2D eigenvalue weighted by molar-refractivity contribution is 6.32. The summed E-state index contributed by atoms with van der Waals surface area (Å²) in [7, 11) is 0. The highest BCUT2D eigenvalue weighted by Gasteiger charge is 2.07. The molecule has 1 aromatic heterocycles. The van der Waals surface area contributed by atoms with Crippen molar-refractivity contribution < 1.29 is 0 Å². The largest absolute Gasteiger partial charge is 0.330 e. The molecule has 0 aliphatic rings. The van der Waals surface area contributed by atoms with Gasteiger partial charge in [-0.05, 0) is 50.1 Å². The molecule has 0 saturated heterocycles. The third-order valence-electron chi connectivity index (χ3n) is 2.80. The zero-order valence-electron chi connectivity index (χ0n) is 9.55. The van der Waals surface area contributed by atoms with Crippen molar-refractivity contribution in [2.75, 3.05) is 6.54 Å². The summed E-state index contributed by atoms with van der Waals surface area (Å²) in [6, 6.07) is 6.06. The Hall–Kier alpha value is -1.12. The average molecular weight is 235 g/mol. The van der Waals surface area contributed by atoms with Gasteiger partial charge in [0.1, 0.15) is 0 Å². The van der Waals surface area contributed by atoms with E-state index in [0.717, 1.165) is 33.6 Å². The second-order valence-corrected chi connectivity index (χ2v) is 4.44. The van der Waals surface area contributed by atoms with Crippen molar-refractivity contribution in [3.05, 3.63) is 40.0 Å². The molecule has 1 heterocycles.